The predicted octanol–water partition coefficient (Wildman–Crippen LogP) is 0.247. The maximum absolute atomic E-state index is 13.0. The Labute approximate surface area is 231 Å². The highest BCUT2D eigenvalue weighted by atomic mass is 16.3. The number of aliphatic hydroxyl groups is 1. The van der Waals surface area contributed by atoms with E-state index in [9.17, 15) is 24.3 Å². The summed E-state index contributed by atoms with van der Waals surface area (Å²) in [7, 11) is 0. The van der Waals surface area contributed by atoms with Gasteiger partial charge in [-0.3, -0.25) is 34.4 Å². The molecule has 0 radical (unpaired) electrons. The summed E-state index contributed by atoms with van der Waals surface area (Å²) in [5, 5.41) is 17.7. The molecule has 1 fully saturated rings. The van der Waals surface area contributed by atoms with Gasteiger partial charge in [0.05, 0.1) is 30.7 Å². The number of nitrogens with one attached hydrogen (secondary N) is 2. The van der Waals surface area contributed by atoms with E-state index in [1.54, 1.807) is 12.3 Å². The van der Waals surface area contributed by atoms with E-state index in [1.807, 2.05) is 59.5 Å². The van der Waals surface area contributed by atoms with E-state index in [0.29, 0.717) is 19.4 Å². The van der Waals surface area contributed by atoms with Gasteiger partial charge in [0.2, 0.25) is 17.7 Å². The van der Waals surface area contributed by atoms with Crippen molar-refractivity contribution in [2.45, 2.75) is 49.9 Å². The third-order valence-electron chi connectivity index (χ3n) is 7.06. The lowest BCUT2D eigenvalue weighted by Gasteiger charge is -2.30. The molecule has 0 spiro atoms. The largest absolute Gasteiger partial charge is 0.390 e. The zero-order valence-electron chi connectivity index (χ0n) is 22.0. The fraction of sp³-hybridized carbons (Fsp3) is 0.345. The topological polar surface area (TPSA) is 181 Å². The minimum atomic E-state index is -1.27. The van der Waals surface area contributed by atoms with E-state index >= 15 is 0 Å². The molecule has 2 aromatic carbocycles. The summed E-state index contributed by atoms with van der Waals surface area (Å²) in [4.78, 5) is 55.8. The van der Waals surface area contributed by atoms with Crippen LogP contribution in [0.15, 0.2) is 66.9 Å². The Bertz CT molecular complexity index is 1370. The molecule has 7 N–H and O–H groups in total. The normalized spacial score (nSPS) is 17.6. The molecule has 1 saturated heterocycles. The van der Waals surface area contributed by atoms with Crippen molar-refractivity contribution in [3.63, 3.8) is 0 Å². The second kappa shape index (κ2) is 13.2. The minimum Gasteiger partial charge on any atom is -0.390 e. The number of nitrogens with zero attached hydrogens (tertiary/aromatic N) is 2. The minimum absolute atomic E-state index is 0.0623. The monoisotopic (exact) mass is 546 g/mol. The summed E-state index contributed by atoms with van der Waals surface area (Å²) in [6.07, 6.45) is 1.75. The maximum atomic E-state index is 13.0. The molecule has 4 atom stereocenters. The van der Waals surface area contributed by atoms with Crippen molar-refractivity contribution in [1.29, 1.82) is 0 Å². The average Bonchev–Trinajstić information content (AvgIpc) is 3.41. The summed E-state index contributed by atoms with van der Waals surface area (Å²) < 4.78 is 0. The maximum Gasteiger partial charge on any atom is 0.276 e. The number of aromatic nitrogens is 1. The second-order valence-electron chi connectivity index (χ2n) is 10.0. The molecule has 2 heterocycles. The molecule has 4 amide bonds. The number of hydrogen-bond acceptors (Lipinski definition) is 8. The molecule has 11 heteroatoms. The Morgan fingerprint density at radius 3 is 2.48 bits per heavy atom. The summed E-state index contributed by atoms with van der Waals surface area (Å²) in [5.74, 6) is -2.53. The fourth-order valence-electron chi connectivity index (χ4n) is 4.92. The van der Waals surface area contributed by atoms with Gasteiger partial charge in [-0.05, 0) is 42.8 Å². The van der Waals surface area contributed by atoms with E-state index in [1.165, 1.54) is 0 Å². The van der Waals surface area contributed by atoms with Gasteiger partial charge >= 0.3 is 0 Å². The Morgan fingerprint density at radius 1 is 1.05 bits per heavy atom. The van der Waals surface area contributed by atoms with Crippen LogP contribution < -0.4 is 22.1 Å². The predicted molar refractivity (Wildman–Crippen MR) is 149 cm³/mol. The second-order valence-corrected chi connectivity index (χ2v) is 10.0. The number of primary amides is 1. The number of likely N-dealkylation sites (tertiary alicyclic amines) is 1. The van der Waals surface area contributed by atoms with Crippen LogP contribution in [-0.2, 0) is 20.8 Å². The van der Waals surface area contributed by atoms with Crippen LogP contribution in [0.3, 0.4) is 0 Å². The van der Waals surface area contributed by atoms with Crippen molar-refractivity contribution in [3.05, 3.63) is 78.1 Å². The van der Waals surface area contributed by atoms with Crippen molar-refractivity contribution >= 4 is 34.4 Å². The highest BCUT2D eigenvalue weighted by Gasteiger charge is 2.33. The molecule has 1 aromatic heterocycles. The van der Waals surface area contributed by atoms with Gasteiger partial charge in [-0.2, -0.15) is 0 Å². The first kappa shape index (κ1) is 28.8. The van der Waals surface area contributed by atoms with Crippen LogP contribution in [-0.4, -0.2) is 75.9 Å². The first-order valence-electron chi connectivity index (χ1n) is 13.2. The van der Waals surface area contributed by atoms with Crippen LogP contribution in [0.4, 0.5) is 0 Å². The molecule has 0 aliphatic carbocycles. The molecule has 11 nitrogen and oxygen atoms in total. The Kier molecular flexibility index (Phi) is 9.54. The number of nitrogens with two attached hydrogens (primary N) is 2. The lowest BCUT2D eigenvalue weighted by atomic mass is 9.99. The van der Waals surface area contributed by atoms with Crippen LogP contribution in [0.5, 0.6) is 0 Å². The highest BCUT2D eigenvalue weighted by molar-refractivity contribution is 6.06. The summed E-state index contributed by atoms with van der Waals surface area (Å²) in [5.41, 5.74) is 12.5. The molecule has 40 heavy (non-hydrogen) atoms. The molecular weight excluding hydrogens is 512 g/mol. The molecule has 2 unspecified atom stereocenters. The zero-order valence-corrected chi connectivity index (χ0v) is 22.0. The SMILES string of the molecule is NC(=O)[C@@H]1CCCN1CC(O)C(Cc1ccccc1)NC(=O)[C@@H](N)CC(=O)NC(=O)c1cc2ccccc2cn1. The number of hydrogen-bond donors (Lipinski definition) is 5. The van der Waals surface area contributed by atoms with Crippen molar-refractivity contribution < 1.29 is 24.3 Å². The van der Waals surface area contributed by atoms with Gasteiger partial charge in [-0.15, -0.1) is 0 Å². The smallest absolute Gasteiger partial charge is 0.276 e. The van der Waals surface area contributed by atoms with Crippen molar-refractivity contribution in [3.8, 4) is 0 Å². The highest BCUT2D eigenvalue weighted by Crippen LogP contribution is 2.19. The van der Waals surface area contributed by atoms with Crippen molar-refractivity contribution in [2.24, 2.45) is 11.5 Å². The first-order valence-corrected chi connectivity index (χ1v) is 13.2. The number of carbonyl (C=O) groups is 4. The number of amides is 4. The number of imide groups is 1. The molecule has 0 saturated carbocycles. The number of β-amino-alcohol motifs (C(OH)–C–C–N with tert-alkyl or cyclic N) is 1. The molecule has 3 aromatic rings. The molecule has 1 aliphatic rings. The number of aliphatic hydroxyl groups excluding tert-OH is 1. The number of carbonyl (C=O) groups excluding carboxylic acids is 4. The first-order chi connectivity index (χ1) is 19.2. The number of pyridine rings is 1. The van der Waals surface area contributed by atoms with Gasteiger partial charge in [0.25, 0.3) is 5.91 Å². The quantitative estimate of drug-likeness (QED) is 0.227. The van der Waals surface area contributed by atoms with Crippen LogP contribution in [0.1, 0.15) is 35.3 Å². The van der Waals surface area contributed by atoms with Crippen LogP contribution >= 0.6 is 0 Å². The van der Waals surface area contributed by atoms with Crippen LogP contribution in [0.25, 0.3) is 10.8 Å². The third-order valence-corrected chi connectivity index (χ3v) is 7.06. The summed E-state index contributed by atoms with van der Waals surface area (Å²) in [6.45, 7) is 0.741. The standard InChI is InChI=1S/C29H34N6O5/c30-21(15-26(37)34-29(40)23-14-19-9-4-5-10-20(19)16-32-23)28(39)33-22(13-18-7-2-1-3-8-18)25(36)17-35-12-6-11-24(35)27(31)38/h1-5,7-10,14,16,21-22,24-25,36H,6,11-13,15,17,30H2,(H2,31,38)(H,33,39)(H,34,37,40)/t21-,22?,24-,25?/m0/s1. The van der Waals surface area contributed by atoms with E-state index < -0.39 is 54.3 Å². The lowest BCUT2D eigenvalue weighted by molar-refractivity contribution is -0.128. The van der Waals surface area contributed by atoms with Gasteiger partial charge in [-0.1, -0.05) is 54.6 Å². The van der Waals surface area contributed by atoms with Crippen LogP contribution in [0.2, 0.25) is 0 Å². The lowest BCUT2D eigenvalue weighted by Crippen LogP contribution is -2.55. The Hall–Kier alpha value is -4.19. The van der Waals surface area contributed by atoms with Gasteiger partial charge in [0.15, 0.2) is 0 Å². The van der Waals surface area contributed by atoms with Crippen molar-refractivity contribution in [2.75, 3.05) is 13.1 Å². The van der Waals surface area contributed by atoms with Gasteiger partial charge in [0.1, 0.15) is 5.69 Å². The molecule has 0 bridgehead atoms. The molecule has 210 valence electrons. The van der Waals surface area contributed by atoms with E-state index in [-0.39, 0.29) is 12.2 Å². The molecular formula is C29H34N6O5. The summed E-state index contributed by atoms with van der Waals surface area (Å²) in [6, 6.07) is 15.7. The van der Waals surface area contributed by atoms with Crippen molar-refractivity contribution in [1.82, 2.24) is 20.5 Å². The van der Waals surface area contributed by atoms with Crippen LogP contribution in [0, 0.1) is 0 Å². The molecule has 1 aliphatic heterocycles. The van der Waals surface area contributed by atoms with E-state index in [0.717, 1.165) is 22.8 Å². The number of rotatable bonds is 11. The summed E-state index contributed by atoms with van der Waals surface area (Å²) >= 11 is 0. The zero-order chi connectivity index (χ0) is 28.6. The Morgan fingerprint density at radius 2 is 1.75 bits per heavy atom. The van der Waals surface area contributed by atoms with E-state index in [2.05, 4.69) is 15.6 Å². The van der Waals surface area contributed by atoms with Gasteiger partial charge in [0, 0.05) is 18.1 Å². The molecule has 4 rings (SSSR count). The third kappa shape index (κ3) is 7.47. The number of benzene rings is 2. The fourth-order valence-corrected chi connectivity index (χ4v) is 4.92. The Balaban J connectivity index is 1.37. The van der Waals surface area contributed by atoms with Gasteiger partial charge in [-0.25, -0.2) is 0 Å². The average molecular weight is 547 g/mol. The van der Waals surface area contributed by atoms with E-state index in [4.69, 9.17) is 11.5 Å². The number of fused-ring (bicyclic) bond motifs is 1. The van der Waals surface area contributed by atoms with Gasteiger partial charge < -0.3 is 21.9 Å².